The number of hydrogen-bond acceptors (Lipinski definition) is 4. The molecule has 0 bridgehead atoms. The Hall–Kier alpha value is -2.04. The van der Waals surface area contributed by atoms with Gasteiger partial charge in [0.15, 0.2) is 0 Å². The van der Waals surface area contributed by atoms with Crippen LogP contribution in [0.15, 0.2) is 42.5 Å². The summed E-state index contributed by atoms with van der Waals surface area (Å²) < 4.78 is 5.25. The highest BCUT2D eigenvalue weighted by molar-refractivity contribution is 5.39. The van der Waals surface area contributed by atoms with Crippen LogP contribution in [-0.4, -0.2) is 48.2 Å². The zero-order chi connectivity index (χ0) is 16.9. The fourth-order valence-corrected chi connectivity index (χ4v) is 3.23. The molecule has 1 saturated heterocycles. The van der Waals surface area contributed by atoms with Crippen LogP contribution in [-0.2, 0) is 13.1 Å². The fraction of sp³-hybridized carbons (Fsp3) is 0.400. The van der Waals surface area contributed by atoms with Gasteiger partial charge in [-0.05, 0) is 30.7 Å². The van der Waals surface area contributed by atoms with E-state index in [2.05, 4.69) is 41.0 Å². The zero-order valence-corrected chi connectivity index (χ0v) is 14.5. The molecule has 1 N–H and O–H groups in total. The standard InChI is InChI=1S/C20H26N2O2/c1-16-4-3-5-17(12-16)14-21-8-10-22(11-9-21)15-18-13-19(24-2)6-7-20(18)23/h3-7,12-13,23H,8-11,14-15H2,1-2H3. The van der Waals surface area contributed by atoms with E-state index in [0.29, 0.717) is 5.75 Å². The number of phenols is 1. The Morgan fingerprint density at radius 2 is 1.67 bits per heavy atom. The molecule has 128 valence electrons. The molecule has 0 atom stereocenters. The molecule has 1 aliphatic heterocycles. The van der Waals surface area contributed by atoms with Crippen molar-refractivity contribution in [2.24, 2.45) is 0 Å². The second-order valence-electron chi connectivity index (χ2n) is 6.54. The molecular formula is C20H26N2O2. The highest BCUT2D eigenvalue weighted by Gasteiger charge is 2.18. The molecule has 0 unspecified atom stereocenters. The quantitative estimate of drug-likeness (QED) is 0.916. The number of methoxy groups -OCH3 is 1. The van der Waals surface area contributed by atoms with Crippen molar-refractivity contribution in [3.05, 3.63) is 59.2 Å². The summed E-state index contributed by atoms with van der Waals surface area (Å²) in [6, 6.07) is 14.2. The molecule has 3 rings (SSSR count). The van der Waals surface area contributed by atoms with Gasteiger partial charge in [-0.3, -0.25) is 9.80 Å². The summed E-state index contributed by atoms with van der Waals surface area (Å²) >= 11 is 0. The number of ether oxygens (including phenoxy) is 1. The van der Waals surface area contributed by atoms with Gasteiger partial charge in [0.25, 0.3) is 0 Å². The number of piperazine rings is 1. The number of aryl methyl sites for hydroxylation is 1. The Balaban J connectivity index is 1.54. The second kappa shape index (κ2) is 7.69. The first-order chi connectivity index (χ1) is 11.6. The minimum Gasteiger partial charge on any atom is -0.508 e. The van der Waals surface area contributed by atoms with E-state index in [9.17, 15) is 5.11 Å². The average Bonchev–Trinajstić information content (AvgIpc) is 2.58. The summed E-state index contributed by atoms with van der Waals surface area (Å²) in [6.45, 7) is 8.06. The first-order valence-corrected chi connectivity index (χ1v) is 8.50. The van der Waals surface area contributed by atoms with Gasteiger partial charge in [0.2, 0.25) is 0 Å². The van der Waals surface area contributed by atoms with E-state index in [0.717, 1.165) is 50.6 Å². The van der Waals surface area contributed by atoms with Crippen LogP contribution in [0.1, 0.15) is 16.7 Å². The monoisotopic (exact) mass is 326 g/mol. The van der Waals surface area contributed by atoms with Crippen LogP contribution in [0.4, 0.5) is 0 Å². The largest absolute Gasteiger partial charge is 0.508 e. The van der Waals surface area contributed by atoms with Crippen molar-refractivity contribution in [2.75, 3.05) is 33.3 Å². The number of aromatic hydroxyl groups is 1. The number of nitrogens with zero attached hydrogens (tertiary/aromatic N) is 2. The van der Waals surface area contributed by atoms with E-state index >= 15 is 0 Å². The van der Waals surface area contributed by atoms with E-state index < -0.39 is 0 Å². The Morgan fingerprint density at radius 1 is 0.958 bits per heavy atom. The van der Waals surface area contributed by atoms with E-state index in [1.807, 2.05) is 6.07 Å². The van der Waals surface area contributed by atoms with Crippen molar-refractivity contribution >= 4 is 0 Å². The number of phenolic OH excluding ortho intramolecular Hbond substituents is 1. The Bertz CT molecular complexity index is 679. The maximum atomic E-state index is 10.0. The first-order valence-electron chi connectivity index (χ1n) is 8.50. The molecule has 4 heteroatoms. The van der Waals surface area contributed by atoms with Crippen LogP contribution < -0.4 is 4.74 Å². The lowest BCUT2D eigenvalue weighted by molar-refractivity contribution is 0.121. The topological polar surface area (TPSA) is 35.9 Å². The number of rotatable bonds is 5. The molecule has 2 aromatic carbocycles. The molecule has 0 spiro atoms. The summed E-state index contributed by atoms with van der Waals surface area (Å²) in [7, 11) is 1.65. The lowest BCUT2D eigenvalue weighted by Crippen LogP contribution is -2.45. The molecule has 0 amide bonds. The molecule has 0 radical (unpaired) electrons. The lowest BCUT2D eigenvalue weighted by atomic mass is 10.1. The molecule has 0 saturated carbocycles. The van der Waals surface area contributed by atoms with Gasteiger partial charge in [-0.15, -0.1) is 0 Å². The maximum Gasteiger partial charge on any atom is 0.120 e. The molecule has 4 nitrogen and oxygen atoms in total. The van der Waals surface area contributed by atoms with Crippen molar-refractivity contribution in [2.45, 2.75) is 20.0 Å². The maximum absolute atomic E-state index is 10.0. The van der Waals surface area contributed by atoms with E-state index in [1.54, 1.807) is 19.2 Å². The smallest absolute Gasteiger partial charge is 0.120 e. The lowest BCUT2D eigenvalue weighted by Gasteiger charge is -2.35. The van der Waals surface area contributed by atoms with E-state index in [1.165, 1.54) is 11.1 Å². The van der Waals surface area contributed by atoms with Gasteiger partial charge in [-0.25, -0.2) is 0 Å². The normalized spacial score (nSPS) is 16.2. The summed E-state index contributed by atoms with van der Waals surface area (Å²) in [6.07, 6.45) is 0. The van der Waals surface area contributed by atoms with Crippen LogP contribution >= 0.6 is 0 Å². The Morgan fingerprint density at radius 3 is 2.33 bits per heavy atom. The van der Waals surface area contributed by atoms with Gasteiger partial charge >= 0.3 is 0 Å². The summed E-state index contributed by atoms with van der Waals surface area (Å²) in [4.78, 5) is 4.89. The molecular weight excluding hydrogens is 300 g/mol. The summed E-state index contributed by atoms with van der Waals surface area (Å²) in [5, 5.41) is 10.0. The second-order valence-corrected chi connectivity index (χ2v) is 6.54. The summed E-state index contributed by atoms with van der Waals surface area (Å²) in [5.41, 5.74) is 3.63. The Kier molecular flexibility index (Phi) is 5.38. The highest BCUT2D eigenvalue weighted by Crippen LogP contribution is 2.24. The zero-order valence-electron chi connectivity index (χ0n) is 14.5. The third-order valence-corrected chi connectivity index (χ3v) is 4.63. The fourth-order valence-electron chi connectivity index (χ4n) is 3.23. The predicted octanol–water partition coefficient (Wildman–Crippen LogP) is 3.03. The van der Waals surface area contributed by atoms with Gasteiger partial charge in [0, 0.05) is 44.8 Å². The van der Waals surface area contributed by atoms with E-state index in [-0.39, 0.29) is 0 Å². The van der Waals surface area contributed by atoms with E-state index in [4.69, 9.17) is 4.74 Å². The SMILES string of the molecule is COc1ccc(O)c(CN2CCN(Cc3cccc(C)c3)CC2)c1. The molecule has 1 fully saturated rings. The van der Waals surface area contributed by atoms with Crippen molar-refractivity contribution in [1.29, 1.82) is 0 Å². The van der Waals surface area contributed by atoms with Gasteiger partial charge in [-0.1, -0.05) is 29.8 Å². The van der Waals surface area contributed by atoms with Crippen LogP contribution in [0.5, 0.6) is 11.5 Å². The predicted molar refractivity (Wildman–Crippen MR) is 96.4 cm³/mol. The third-order valence-electron chi connectivity index (χ3n) is 4.63. The molecule has 1 aliphatic rings. The molecule has 1 heterocycles. The van der Waals surface area contributed by atoms with Crippen LogP contribution in [0.25, 0.3) is 0 Å². The van der Waals surface area contributed by atoms with Crippen molar-refractivity contribution < 1.29 is 9.84 Å². The average molecular weight is 326 g/mol. The Labute approximate surface area is 144 Å². The molecule has 0 aliphatic carbocycles. The van der Waals surface area contributed by atoms with Gasteiger partial charge < -0.3 is 9.84 Å². The van der Waals surface area contributed by atoms with Crippen molar-refractivity contribution in [3.8, 4) is 11.5 Å². The van der Waals surface area contributed by atoms with Gasteiger partial charge in [0.1, 0.15) is 11.5 Å². The van der Waals surface area contributed by atoms with Crippen LogP contribution in [0, 0.1) is 6.92 Å². The highest BCUT2D eigenvalue weighted by atomic mass is 16.5. The van der Waals surface area contributed by atoms with Crippen molar-refractivity contribution in [1.82, 2.24) is 9.80 Å². The number of hydrogen-bond donors (Lipinski definition) is 1. The minimum atomic E-state index is 0.345. The van der Waals surface area contributed by atoms with Crippen LogP contribution in [0.2, 0.25) is 0 Å². The number of benzene rings is 2. The molecule has 2 aromatic rings. The van der Waals surface area contributed by atoms with Crippen LogP contribution in [0.3, 0.4) is 0 Å². The molecule has 24 heavy (non-hydrogen) atoms. The van der Waals surface area contributed by atoms with Gasteiger partial charge in [0.05, 0.1) is 7.11 Å². The van der Waals surface area contributed by atoms with Crippen molar-refractivity contribution in [3.63, 3.8) is 0 Å². The molecule has 0 aromatic heterocycles. The minimum absolute atomic E-state index is 0.345. The van der Waals surface area contributed by atoms with Gasteiger partial charge in [-0.2, -0.15) is 0 Å². The summed E-state index contributed by atoms with van der Waals surface area (Å²) in [5.74, 6) is 1.14. The first kappa shape index (κ1) is 16.8. The third kappa shape index (κ3) is 4.28.